The second-order valence-corrected chi connectivity index (χ2v) is 3.35. The molecule has 0 unspecified atom stereocenters. The summed E-state index contributed by atoms with van der Waals surface area (Å²) in [6.45, 7) is 0. The van der Waals surface area contributed by atoms with Crippen LogP contribution in [0.4, 0.5) is 0 Å². The second kappa shape index (κ2) is 10.7. The van der Waals surface area contributed by atoms with Gasteiger partial charge in [0.05, 0.1) is 11.1 Å². The quantitative estimate of drug-likeness (QED) is 0.830. The van der Waals surface area contributed by atoms with Crippen molar-refractivity contribution in [2.24, 2.45) is 0 Å². The third-order valence-electron chi connectivity index (χ3n) is 2.13. The molecule has 0 atom stereocenters. The molecule has 0 radical (unpaired) electrons. The third-order valence-corrected chi connectivity index (χ3v) is 2.13. The molecule has 0 aliphatic carbocycles. The standard InChI is InChI=1S/2C7H6O2.O.V/c2*8-5-6-3-1-2-4-7(6)9;;/h2*1-5,9H;;/q;;;+2. The van der Waals surface area contributed by atoms with Crippen molar-refractivity contribution < 1.29 is 40.8 Å². The van der Waals surface area contributed by atoms with Gasteiger partial charge in [0.2, 0.25) is 0 Å². The molecule has 6 heteroatoms. The van der Waals surface area contributed by atoms with Gasteiger partial charge in [0.1, 0.15) is 11.5 Å². The van der Waals surface area contributed by atoms with Crippen LogP contribution in [-0.2, 0) is 21.0 Å². The number of phenols is 2. The molecule has 2 aromatic rings. The number of benzene rings is 2. The number of aromatic hydroxyl groups is 2. The van der Waals surface area contributed by atoms with Gasteiger partial charge < -0.3 is 10.2 Å². The molecule has 2 N–H and O–H groups in total. The summed E-state index contributed by atoms with van der Waals surface area (Å²) in [6, 6.07) is 12.8. The van der Waals surface area contributed by atoms with E-state index in [1.165, 1.54) is 12.1 Å². The fourth-order valence-electron chi connectivity index (χ4n) is 1.17. The summed E-state index contributed by atoms with van der Waals surface area (Å²) >= 11 is 1.06. The number of aldehydes is 2. The van der Waals surface area contributed by atoms with E-state index in [9.17, 15) is 9.59 Å². The molecule has 2 aromatic carbocycles. The molecular formula is C14H12O5V+2. The molecule has 2 rings (SSSR count). The number of para-hydroxylation sites is 2. The first-order valence-electron chi connectivity index (χ1n) is 5.33. The van der Waals surface area contributed by atoms with Crippen LogP contribution in [0.2, 0.25) is 0 Å². The molecule has 0 amide bonds. The van der Waals surface area contributed by atoms with Crippen molar-refractivity contribution >= 4 is 12.6 Å². The molecule has 5 nitrogen and oxygen atoms in total. The van der Waals surface area contributed by atoms with Gasteiger partial charge in [-0.25, -0.2) is 0 Å². The number of hydrogen-bond acceptors (Lipinski definition) is 5. The van der Waals surface area contributed by atoms with Crippen molar-refractivity contribution in [3.8, 4) is 11.5 Å². The first-order chi connectivity index (χ1) is 9.69. The Morgan fingerprint density at radius 1 is 0.700 bits per heavy atom. The molecule has 0 aromatic heterocycles. The van der Waals surface area contributed by atoms with E-state index in [1.807, 2.05) is 0 Å². The zero-order valence-electron chi connectivity index (χ0n) is 10.3. The van der Waals surface area contributed by atoms with Crippen molar-refractivity contribution in [2.45, 2.75) is 0 Å². The van der Waals surface area contributed by atoms with E-state index in [2.05, 4.69) is 0 Å². The summed E-state index contributed by atoms with van der Waals surface area (Å²) < 4.78 is 8.19. The van der Waals surface area contributed by atoms with Gasteiger partial charge in [-0.3, -0.25) is 9.59 Å². The van der Waals surface area contributed by atoms with Gasteiger partial charge in [-0.2, -0.15) is 0 Å². The molecule has 0 aliphatic rings. The van der Waals surface area contributed by atoms with Gasteiger partial charge >= 0.3 is 21.0 Å². The van der Waals surface area contributed by atoms with E-state index < -0.39 is 0 Å². The fraction of sp³-hybridized carbons (Fsp3) is 0. The predicted molar refractivity (Wildman–Crippen MR) is 67.7 cm³/mol. The maximum atomic E-state index is 10.1. The van der Waals surface area contributed by atoms with Gasteiger partial charge in [-0.1, -0.05) is 24.3 Å². The first kappa shape index (κ1) is 17.8. The number of hydrogen-bond donors (Lipinski definition) is 2. The second-order valence-electron chi connectivity index (χ2n) is 3.35. The summed E-state index contributed by atoms with van der Waals surface area (Å²) in [5.74, 6) is 0.0694. The van der Waals surface area contributed by atoms with Crippen LogP contribution in [0.5, 0.6) is 11.5 Å². The SMILES string of the molecule is O=Cc1ccccc1O.O=Cc1ccccc1O.[O]=[V+2]. The Balaban J connectivity index is 0.000000321. The van der Waals surface area contributed by atoms with Crippen LogP contribution in [0.1, 0.15) is 20.7 Å². The molecule has 0 saturated heterocycles. The maximum absolute atomic E-state index is 10.1. The third kappa shape index (κ3) is 6.08. The topological polar surface area (TPSA) is 91.7 Å². The van der Waals surface area contributed by atoms with Crippen LogP contribution in [0.15, 0.2) is 48.5 Å². The summed E-state index contributed by atoms with van der Waals surface area (Å²) in [7, 11) is 0. The Bertz CT molecular complexity index is 507. The van der Waals surface area contributed by atoms with Crippen LogP contribution >= 0.6 is 0 Å². The van der Waals surface area contributed by atoms with E-state index in [0.29, 0.717) is 23.7 Å². The van der Waals surface area contributed by atoms with Crippen LogP contribution in [0.25, 0.3) is 0 Å². The summed E-state index contributed by atoms with van der Waals surface area (Å²) in [6.07, 6.45) is 1.24. The van der Waals surface area contributed by atoms with Crippen molar-refractivity contribution in [2.75, 3.05) is 0 Å². The van der Waals surface area contributed by atoms with Gasteiger partial charge in [0, 0.05) is 0 Å². The molecule has 20 heavy (non-hydrogen) atoms. The molecular weight excluding hydrogens is 299 g/mol. The Hall–Kier alpha value is -2.24. The van der Waals surface area contributed by atoms with Crippen molar-refractivity contribution in [1.29, 1.82) is 0 Å². The minimum absolute atomic E-state index is 0.0347. The van der Waals surface area contributed by atoms with Gasteiger partial charge in [0.15, 0.2) is 12.6 Å². The monoisotopic (exact) mass is 311 g/mol. The average molecular weight is 311 g/mol. The minimum atomic E-state index is 0.0347. The molecule has 0 fully saturated rings. The average Bonchev–Trinajstić information content (AvgIpc) is 2.51. The van der Waals surface area contributed by atoms with Gasteiger partial charge in [0.25, 0.3) is 0 Å². The Morgan fingerprint density at radius 3 is 1.20 bits per heavy atom. The molecule has 0 heterocycles. The Labute approximate surface area is 125 Å². The van der Waals surface area contributed by atoms with E-state index in [0.717, 1.165) is 17.4 Å². The summed E-state index contributed by atoms with van der Waals surface area (Å²) in [5.41, 5.74) is 0.662. The number of phenolic OH excluding ortho intramolecular Hbond substituents is 2. The van der Waals surface area contributed by atoms with Crippen LogP contribution < -0.4 is 0 Å². The van der Waals surface area contributed by atoms with E-state index in [4.69, 9.17) is 13.9 Å². The molecule has 101 valence electrons. The normalized spacial score (nSPS) is 8.30. The first-order valence-corrected chi connectivity index (χ1v) is 5.90. The summed E-state index contributed by atoms with van der Waals surface area (Å²) in [4.78, 5) is 20.1. The Morgan fingerprint density at radius 2 is 1.00 bits per heavy atom. The van der Waals surface area contributed by atoms with Crippen molar-refractivity contribution in [3.05, 3.63) is 59.7 Å². The van der Waals surface area contributed by atoms with E-state index in [1.54, 1.807) is 36.4 Å². The zero-order chi connectivity index (χ0) is 15.4. The van der Waals surface area contributed by atoms with Crippen molar-refractivity contribution in [1.82, 2.24) is 0 Å². The molecule has 0 bridgehead atoms. The zero-order valence-corrected chi connectivity index (χ0v) is 11.7. The molecule has 0 aliphatic heterocycles. The van der Waals surface area contributed by atoms with Gasteiger partial charge in [-0.05, 0) is 24.3 Å². The van der Waals surface area contributed by atoms with Crippen LogP contribution in [-0.4, -0.2) is 22.8 Å². The van der Waals surface area contributed by atoms with Crippen molar-refractivity contribution in [3.63, 3.8) is 0 Å². The van der Waals surface area contributed by atoms with Crippen LogP contribution in [0.3, 0.4) is 0 Å². The Kier molecular flexibility index (Phi) is 9.47. The van der Waals surface area contributed by atoms with E-state index in [-0.39, 0.29) is 11.5 Å². The fourth-order valence-corrected chi connectivity index (χ4v) is 1.17. The number of carbonyl (C=O) groups excluding carboxylic acids is 2. The molecule has 0 spiro atoms. The summed E-state index contributed by atoms with van der Waals surface area (Å²) in [5, 5.41) is 17.8. The molecule has 0 saturated carbocycles. The van der Waals surface area contributed by atoms with E-state index >= 15 is 0 Å². The number of rotatable bonds is 2. The van der Waals surface area contributed by atoms with Crippen LogP contribution in [0, 0.1) is 0 Å². The number of carbonyl (C=O) groups is 2. The predicted octanol–water partition coefficient (Wildman–Crippen LogP) is 2.29. The van der Waals surface area contributed by atoms with Gasteiger partial charge in [-0.15, -0.1) is 0 Å².